The molecular weight excluding hydrogens is 380 g/mol. The van der Waals surface area contributed by atoms with Crippen LogP contribution in [0.25, 0.3) is 0 Å². The highest BCUT2D eigenvalue weighted by Crippen LogP contribution is 2.02. The number of carbonyl (C=O) groups excluding carboxylic acids is 5. The summed E-state index contributed by atoms with van der Waals surface area (Å²) in [7, 11) is 0. The number of amides is 5. The summed E-state index contributed by atoms with van der Waals surface area (Å²) < 4.78 is 0. The van der Waals surface area contributed by atoms with Crippen LogP contribution in [0, 0.1) is 0 Å². The quantitative estimate of drug-likeness (QED) is 0.167. The predicted octanol–water partition coefficient (Wildman–Crippen LogP) is -2.11. The summed E-state index contributed by atoms with van der Waals surface area (Å²) in [5.74, 6) is -1.66. The Morgan fingerprint density at radius 1 is 0.724 bits per heavy atom. The molecule has 0 saturated carbocycles. The molecule has 0 aliphatic carbocycles. The standard InChI is InChI=1S/C18H34N6O5/c1-13(25)22-11-16(27)20-9-5-3-7-15(18(29)21-10-6-4-8-19)24-17(28)12-23-14(2)26/h15H,3-12,19H2,1-2H3,(H,20,27)(H,21,29)(H,22,25)(H,23,26)(H,24,28). The average molecular weight is 415 g/mol. The fraction of sp³-hybridized carbons (Fsp3) is 0.722. The van der Waals surface area contributed by atoms with E-state index in [0.717, 1.165) is 12.8 Å². The van der Waals surface area contributed by atoms with Gasteiger partial charge < -0.3 is 32.3 Å². The van der Waals surface area contributed by atoms with Crippen LogP contribution in [0.1, 0.15) is 46.0 Å². The van der Waals surface area contributed by atoms with Crippen LogP contribution >= 0.6 is 0 Å². The van der Waals surface area contributed by atoms with Crippen LogP contribution < -0.4 is 32.3 Å². The zero-order valence-electron chi connectivity index (χ0n) is 17.3. The summed E-state index contributed by atoms with van der Waals surface area (Å²) in [4.78, 5) is 57.5. The Labute approximate surface area is 171 Å². The van der Waals surface area contributed by atoms with Crippen molar-refractivity contribution in [1.82, 2.24) is 26.6 Å². The predicted molar refractivity (Wildman–Crippen MR) is 107 cm³/mol. The molecule has 11 heteroatoms. The number of hydrogen-bond donors (Lipinski definition) is 6. The smallest absolute Gasteiger partial charge is 0.242 e. The molecule has 0 radical (unpaired) electrons. The maximum Gasteiger partial charge on any atom is 0.242 e. The molecule has 0 aromatic heterocycles. The maximum atomic E-state index is 12.3. The Kier molecular flexibility index (Phi) is 14.8. The Hall–Kier alpha value is -2.69. The van der Waals surface area contributed by atoms with E-state index in [1.165, 1.54) is 13.8 Å². The second-order valence-electron chi connectivity index (χ2n) is 6.57. The van der Waals surface area contributed by atoms with E-state index in [2.05, 4.69) is 26.6 Å². The van der Waals surface area contributed by atoms with Gasteiger partial charge in [-0.2, -0.15) is 0 Å². The van der Waals surface area contributed by atoms with E-state index in [0.29, 0.717) is 38.9 Å². The second kappa shape index (κ2) is 16.3. The minimum atomic E-state index is -0.732. The largest absolute Gasteiger partial charge is 0.355 e. The van der Waals surface area contributed by atoms with Gasteiger partial charge in [-0.3, -0.25) is 24.0 Å². The lowest BCUT2D eigenvalue weighted by Crippen LogP contribution is -2.49. The molecule has 166 valence electrons. The normalized spacial score (nSPS) is 11.1. The van der Waals surface area contributed by atoms with Crippen molar-refractivity contribution < 1.29 is 24.0 Å². The van der Waals surface area contributed by atoms with Crippen LogP contribution in [0.2, 0.25) is 0 Å². The SMILES string of the molecule is CC(=O)NCC(=O)NCCCCC(NC(=O)CNC(C)=O)C(=O)NCCCCN. The molecule has 0 spiro atoms. The van der Waals surface area contributed by atoms with E-state index >= 15 is 0 Å². The number of unbranched alkanes of at least 4 members (excludes halogenated alkanes) is 2. The van der Waals surface area contributed by atoms with E-state index in [9.17, 15) is 24.0 Å². The van der Waals surface area contributed by atoms with E-state index in [1.807, 2.05) is 0 Å². The molecule has 0 aliphatic heterocycles. The van der Waals surface area contributed by atoms with Crippen molar-refractivity contribution in [2.45, 2.75) is 52.0 Å². The lowest BCUT2D eigenvalue weighted by Gasteiger charge is -2.19. The Bertz CT molecular complexity index is 555. The maximum absolute atomic E-state index is 12.3. The molecular formula is C18H34N6O5. The van der Waals surface area contributed by atoms with Gasteiger partial charge in [0.1, 0.15) is 6.04 Å². The molecule has 0 aromatic carbocycles. The third kappa shape index (κ3) is 16.0. The van der Waals surface area contributed by atoms with Gasteiger partial charge >= 0.3 is 0 Å². The fourth-order valence-electron chi connectivity index (χ4n) is 2.29. The first-order valence-electron chi connectivity index (χ1n) is 9.79. The molecule has 0 bridgehead atoms. The van der Waals surface area contributed by atoms with Gasteiger partial charge in [0, 0.05) is 26.9 Å². The second-order valence-corrected chi connectivity index (χ2v) is 6.57. The molecule has 5 amide bonds. The van der Waals surface area contributed by atoms with Crippen molar-refractivity contribution in [3.8, 4) is 0 Å². The molecule has 7 N–H and O–H groups in total. The Balaban J connectivity index is 4.36. The number of carbonyl (C=O) groups is 5. The van der Waals surface area contributed by atoms with Gasteiger partial charge in [-0.1, -0.05) is 0 Å². The summed E-state index contributed by atoms with van der Waals surface area (Å²) in [5, 5.41) is 12.8. The third-order valence-corrected chi connectivity index (χ3v) is 3.82. The van der Waals surface area contributed by atoms with Gasteiger partial charge in [0.15, 0.2) is 0 Å². The summed E-state index contributed by atoms with van der Waals surface area (Å²) in [6.45, 7) is 3.74. The highest BCUT2D eigenvalue weighted by Gasteiger charge is 2.20. The lowest BCUT2D eigenvalue weighted by molar-refractivity contribution is -0.129. The van der Waals surface area contributed by atoms with Crippen molar-refractivity contribution >= 4 is 29.5 Å². The highest BCUT2D eigenvalue weighted by atomic mass is 16.2. The van der Waals surface area contributed by atoms with E-state index < -0.39 is 11.9 Å². The minimum Gasteiger partial charge on any atom is -0.355 e. The van der Waals surface area contributed by atoms with Crippen molar-refractivity contribution in [2.24, 2.45) is 5.73 Å². The molecule has 0 fully saturated rings. The third-order valence-electron chi connectivity index (χ3n) is 3.82. The molecule has 0 aliphatic rings. The molecule has 0 aromatic rings. The number of hydrogen-bond acceptors (Lipinski definition) is 6. The first kappa shape index (κ1) is 26.3. The van der Waals surface area contributed by atoms with Crippen molar-refractivity contribution in [3.05, 3.63) is 0 Å². The number of nitrogens with one attached hydrogen (secondary N) is 5. The van der Waals surface area contributed by atoms with Gasteiger partial charge in [0.25, 0.3) is 0 Å². The van der Waals surface area contributed by atoms with Gasteiger partial charge in [0.05, 0.1) is 13.1 Å². The average Bonchev–Trinajstić information content (AvgIpc) is 2.66. The molecule has 11 nitrogen and oxygen atoms in total. The molecule has 1 unspecified atom stereocenters. The van der Waals surface area contributed by atoms with Crippen molar-refractivity contribution in [3.63, 3.8) is 0 Å². The molecule has 0 heterocycles. The van der Waals surface area contributed by atoms with Gasteiger partial charge in [-0.05, 0) is 38.6 Å². The molecule has 29 heavy (non-hydrogen) atoms. The van der Waals surface area contributed by atoms with E-state index in [-0.39, 0.29) is 36.7 Å². The highest BCUT2D eigenvalue weighted by molar-refractivity contribution is 5.89. The number of nitrogens with two attached hydrogens (primary N) is 1. The Morgan fingerprint density at radius 3 is 1.86 bits per heavy atom. The van der Waals surface area contributed by atoms with E-state index in [1.54, 1.807) is 0 Å². The topological polar surface area (TPSA) is 172 Å². The molecule has 0 saturated heterocycles. The van der Waals surface area contributed by atoms with E-state index in [4.69, 9.17) is 5.73 Å². The summed E-state index contributed by atoms with van der Waals surface area (Å²) in [6, 6.07) is -0.732. The molecule has 0 rings (SSSR count). The lowest BCUT2D eigenvalue weighted by atomic mass is 10.1. The van der Waals surface area contributed by atoms with Crippen LogP contribution in [0.5, 0.6) is 0 Å². The van der Waals surface area contributed by atoms with Crippen LogP contribution in [-0.4, -0.2) is 68.3 Å². The van der Waals surface area contributed by atoms with Crippen molar-refractivity contribution in [2.75, 3.05) is 32.7 Å². The number of rotatable bonds is 15. The molecule has 1 atom stereocenters. The van der Waals surface area contributed by atoms with Crippen LogP contribution in [0.4, 0.5) is 0 Å². The van der Waals surface area contributed by atoms with Crippen LogP contribution in [-0.2, 0) is 24.0 Å². The van der Waals surface area contributed by atoms with Crippen LogP contribution in [0.3, 0.4) is 0 Å². The van der Waals surface area contributed by atoms with Gasteiger partial charge in [-0.15, -0.1) is 0 Å². The van der Waals surface area contributed by atoms with Crippen LogP contribution in [0.15, 0.2) is 0 Å². The summed E-state index contributed by atoms with van der Waals surface area (Å²) in [5.41, 5.74) is 5.42. The summed E-state index contributed by atoms with van der Waals surface area (Å²) in [6.07, 6.45) is 3.11. The monoisotopic (exact) mass is 414 g/mol. The fourth-order valence-corrected chi connectivity index (χ4v) is 2.29. The van der Waals surface area contributed by atoms with Crippen molar-refractivity contribution in [1.29, 1.82) is 0 Å². The first-order chi connectivity index (χ1) is 13.8. The zero-order valence-corrected chi connectivity index (χ0v) is 17.3. The first-order valence-corrected chi connectivity index (χ1v) is 9.79. The van der Waals surface area contributed by atoms with Gasteiger partial charge in [0.2, 0.25) is 29.5 Å². The Morgan fingerprint density at radius 2 is 1.28 bits per heavy atom. The van der Waals surface area contributed by atoms with Gasteiger partial charge in [-0.25, -0.2) is 0 Å². The minimum absolute atomic E-state index is 0.0810. The summed E-state index contributed by atoms with van der Waals surface area (Å²) >= 11 is 0. The zero-order chi connectivity index (χ0) is 22.1.